The summed E-state index contributed by atoms with van der Waals surface area (Å²) in [6.45, 7) is 0. The van der Waals surface area contributed by atoms with Gasteiger partial charge in [0.05, 0.1) is 22.2 Å². The molecule has 0 aliphatic rings. The number of hydrogen-bond donors (Lipinski definition) is 2. The van der Waals surface area contributed by atoms with E-state index < -0.39 is 5.97 Å². The van der Waals surface area contributed by atoms with Crippen LogP contribution in [-0.4, -0.2) is 40.5 Å². The van der Waals surface area contributed by atoms with Gasteiger partial charge in [0.2, 0.25) is 5.91 Å². The SMILES string of the molecule is CNC(=O)CCSC(SCCC(=O)O)c1cccc(C=Cc2ccc3ccc(Cl)cc3n2)c1. The van der Waals surface area contributed by atoms with Crippen LogP contribution in [0.5, 0.6) is 0 Å². The highest BCUT2D eigenvalue weighted by molar-refractivity contribution is 8.16. The van der Waals surface area contributed by atoms with Crippen molar-refractivity contribution in [2.24, 2.45) is 0 Å². The van der Waals surface area contributed by atoms with Gasteiger partial charge in [-0.1, -0.05) is 48.0 Å². The van der Waals surface area contributed by atoms with Gasteiger partial charge >= 0.3 is 5.97 Å². The van der Waals surface area contributed by atoms with Gasteiger partial charge in [0.25, 0.3) is 0 Å². The lowest BCUT2D eigenvalue weighted by atomic mass is 10.1. The lowest BCUT2D eigenvalue weighted by Gasteiger charge is -2.17. The minimum absolute atomic E-state index is 0.00218. The van der Waals surface area contributed by atoms with E-state index in [0.717, 1.165) is 27.7 Å². The van der Waals surface area contributed by atoms with E-state index in [9.17, 15) is 9.59 Å². The first-order valence-corrected chi connectivity index (χ1v) is 12.9. The Kier molecular flexibility index (Phi) is 9.66. The molecule has 0 saturated carbocycles. The summed E-state index contributed by atoms with van der Waals surface area (Å²) in [5.41, 5.74) is 3.80. The fraction of sp³-hybridized carbons (Fsp3) is 0.240. The van der Waals surface area contributed by atoms with E-state index in [1.807, 2.05) is 60.7 Å². The Morgan fingerprint density at radius 2 is 1.82 bits per heavy atom. The van der Waals surface area contributed by atoms with Crippen molar-refractivity contribution in [1.29, 1.82) is 0 Å². The Morgan fingerprint density at radius 1 is 1.06 bits per heavy atom. The van der Waals surface area contributed by atoms with Gasteiger partial charge in [0.1, 0.15) is 0 Å². The Bertz CT molecular complexity index is 1150. The molecule has 0 bridgehead atoms. The highest BCUT2D eigenvalue weighted by atomic mass is 35.5. The van der Waals surface area contributed by atoms with Gasteiger partial charge in [-0.25, -0.2) is 4.98 Å². The number of hydrogen-bond acceptors (Lipinski definition) is 5. The first-order chi connectivity index (χ1) is 15.9. The molecule has 2 aromatic carbocycles. The molecule has 33 heavy (non-hydrogen) atoms. The Balaban J connectivity index is 1.74. The highest BCUT2D eigenvalue weighted by Gasteiger charge is 2.14. The molecule has 0 radical (unpaired) electrons. The van der Waals surface area contributed by atoms with Gasteiger partial charge in [-0.3, -0.25) is 9.59 Å². The highest BCUT2D eigenvalue weighted by Crippen LogP contribution is 2.40. The third-order valence-corrected chi connectivity index (χ3v) is 7.85. The lowest BCUT2D eigenvalue weighted by molar-refractivity contribution is -0.136. The predicted octanol–water partition coefficient (Wildman–Crippen LogP) is 6.13. The number of nitrogens with zero attached hydrogens (tertiary/aromatic N) is 1. The number of carboxylic acid groups (broad SMARTS) is 1. The van der Waals surface area contributed by atoms with E-state index in [1.165, 1.54) is 0 Å². The molecule has 8 heteroatoms. The molecule has 1 amide bonds. The minimum Gasteiger partial charge on any atom is -0.481 e. The van der Waals surface area contributed by atoms with Crippen LogP contribution < -0.4 is 5.32 Å². The fourth-order valence-electron chi connectivity index (χ4n) is 3.07. The third kappa shape index (κ3) is 8.11. The maximum absolute atomic E-state index is 11.6. The molecule has 1 unspecified atom stereocenters. The number of carbonyl (C=O) groups is 2. The molecule has 5 nitrogen and oxygen atoms in total. The standard InChI is InChI=1S/C25H25ClN2O3S2/c1-27-23(29)11-13-32-25(33-14-12-24(30)31)19-4-2-3-17(15-19)5-9-21-10-7-18-6-8-20(26)16-22(18)28-21/h2-10,15-16,25H,11-14H2,1H3,(H,27,29)(H,30,31). The second-order valence-corrected chi connectivity index (χ2v) is 10.4. The number of carboxylic acids is 1. The van der Waals surface area contributed by atoms with Crippen LogP contribution >= 0.6 is 35.1 Å². The maximum atomic E-state index is 11.6. The van der Waals surface area contributed by atoms with Crippen molar-refractivity contribution >= 4 is 70.1 Å². The number of fused-ring (bicyclic) bond motifs is 1. The van der Waals surface area contributed by atoms with Crippen LogP contribution in [0.3, 0.4) is 0 Å². The van der Waals surface area contributed by atoms with Gasteiger partial charge in [-0.15, -0.1) is 23.5 Å². The number of halogens is 1. The summed E-state index contributed by atoms with van der Waals surface area (Å²) < 4.78 is 0.0447. The van der Waals surface area contributed by atoms with E-state index in [2.05, 4.69) is 16.4 Å². The molecule has 0 spiro atoms. The van der Waals surface area contributed by atoms with Crippen LogP contribution in [0.15, 0.2) is 54.6 Å². The summed E-state index contributed by atoms with van der Waals surface area (Å²) in [7, 11) is 1.63. The number of pyridine rings is 1. The van der Waals surface area contributed by atoms with E-state index in [4.69, 9.17) is 16.7 Å². The zero-order valence-corrected chi connectivity index (χ0v) is 20.6. The topological polar surface area (TPSA) is 79.3 Å². The Morgan fingerprint density at radius 3 is 2.58 bits per heavy atom. The molecule has 0 aliphatic heterocycles. The molecule has 0 fully saturated rings. The van der Waals surface area contributed by atoms with E-state index >= 15 is 0 Å². The zero-order valence-electron chi connectivity index (χ0n) is 18.2. The molecule has 2 N–H and O–H groups in total. The summed E-state index contributed by atoms with van der Waals surface area (Å²) >= 11 is 9.34. The number of rotatable bonds is 11. The number of amides is 1. The smallest absolute Gasteiger partial charge is 0.304 e. The number of nitrogens with one attached hydrogen (secondary N) is 1. The average molecular weight is 501 g/mol. The largest absolute Gasteiger partial charge is 0.481 e. The summed E-state index contributed by atoms with van der Waals surface area (Å²) in [5, 5.41) is 13.3. The Hall–Kier alpha value is -2.48. The molecule has 1 heterocycles. The second-order valence-electron chi connectivity index (χ2n) is 7.22. The monoisotopic (exact) mass is 500 g/mol. The van der Waals surface area contributed by atoms with Crippen LogP contribution in [0, 0.1) is 0 Å². The number of thioether (sulfide) groups is 2. The average Bonchev–Trinajstić information content (AvgIpc) is 2.81. The van der Waals surface area contributed by atoms with E-state index in [1.54, 1.807) is 30.6 Å². The molecule has 0 saturated heterocycles. The van der Waals surface area contributed by atoms with Gasteiger partial charge in [-0.2, -0.15) is 0 Å². The number of aliphatic carboxylic acids is 1. The predicted molar refractivity (Wildman–Crippen MR) is 141 cm³/mol. The summed E-state index contributed by atoms with van der Waals surface area (Å²) in [5.74, 6) is 0.361. The van der Waals surface area contributed by atoms with Crippen LogP contribution in [0.1, 0.15) is 34.2 Å². The first-order valence-electron chi connectivity index (χ1n) is 10.4. The molecule has 1 atom stereocenters. The number of carbonyl (C=O) groups excluding carboxylic acids is 1. The summed E-state index contributed by atoms with van der Waals surface area (Å²) in [6.07, 6.45) is 4.50. The quantitative estimate of drug-likeness (QED) is 0.308. The van der Waals surface area contributed by atoms with Gasteiger partial charge < -0.3 is 10.4 Å². The Labute approximate surface area is 207 Å². The van der Waals surface area contributed by atoms with E-state index in [-0.39, 0.29) is 16.9 Å². The van der Waals surface area contributed by atoms with Crippen molar-refractivity contribution in [3.8, 4) is 0 Å². The molecule has 3 rings (SSSR count). The van der Waals surface area contributed by atoms with Crippen molar-refractivity contribution in [3.63, 3.8) is 0 Å². The minimum atomic E-state index is -0.808. The van der Waals surface area contributed by atoms with Crippen molar-refractivity contribution in [1.82, 2.24) is 10.3 Å². The van der Waals surface area contributed by atoms with Crippen LogP contribution in [-0.2, 0) is 9.59 Å². The van der Waals surface area contributed by atoms with Crippen LogP contribution in [0.4, 0.5) is 0 Å². The van der Waals surface area contributed by atoms with Crippen molar-refractivity contribution < 1.29 is 14.7 Å². The molecule has 3 aromatic rings. The summed E-state index contributed by atoms with van der Waals surface area (Å²) in [6, 6.07) is 17.8. The number of benzene rings is 2. The van der Waals surface area contributed by atoms with Gasteiger partial charge in [-0.05, 0) is 41.5 Å². The lowest BCUT2D eigenvalue weighted by Crippen LogP contribution is -2.18. The van der Waals surface area contributed by atoms with Crippen molar-refractivity contribution in [2.45, 2.75) is 17.4 Å². The molecule has 172 valence electrons. The van der Waals surface area contributed by atoms with Gasteiger partial charge in [0, 0.05) is 35.4 Å². The maximum Gasteiger partial charge on any atom is 0.304 e. The van der Waals surface area contributed by atoms with E-state index in [0.29, 0.717) is 22.9 Å². The third-order valence-electron chi connectivity index (χ3n) is 4.77. The second kappa shape index (κ2) is 12.7. The summed E-state index contributed by atoms with van der Waals surface area (Å²) in [4.78, 5) is 27.2. The zero-order chi connectivity index (χ0) is 23.6. The van der Waals surface area contributed by atoms with Crippen molar-refractivity contribution in [2.75, 3.05) is 18.6 Å². The fourth-order valence-corrected chi connectivity index (χ4v) is 5.90. The molecule has 1 aromatic heterocycles. The van der Waals surface area contributed by atoms with Crippen molar-refractivity contribution in [3.05, 3.63) is 76.4 Å². The van der Waals surface area contributed by atoms with Crippen LogP contribution in [0.2, 0.25) is 5.02 Å². The van der Waals surface area contributed by atoms with Crippen LogP contribution in [0.25, 0.3) is 23.1 Å². The normalized spacial score (nSPS) is 12.2. The van der Waals surface area contributed by atoms with Gasteiger partial charge in [0.15, 0.2) is 0 Å². The first kappa shape index (κ1) is 25.1. The molecule has 0 aliphatic carbocycles. The molecular formula is C25H25ClN2O3S2. The number of aromatic nitrogens is 1. The molecular weight excluding hydrogens is 476 g/mol.